The molecule has 1 N–H and O–H groups in total. The maximum absolute atomic E-state index is 12.5. The number of amides is 2. The van der Waals surface area contributed by atoms with E-state index in [2.05, 4.69) is 5.32 Å². The number of hydrogen-bond donors (Lipinski definition) is 1. The van der Waals surface area contributed by atoms with Gasteiger partial charge in [-0.1, -0.05) is 11.6 Å². The van der Waals surface area contributed by atoms with E-state index in [4.69, 9.17) is 16.3 Å². The van der Waals surface area contributed by atoms with Gasteiger partial charge in [0.05, 0.1) is 23.6 Å². The van der Waals surface area contributed by atoms with E-state index >= 15 is 0 Å². The van der Waals surface area contributed by atoms with Crippen molar-refractivity contribution in [1.29, 1.82) is 0 Å². The van der Waals surface area contributed by atoms with Crippen LogP contribution in [0.3, 0.4) is 0 Å². The number of nitrogens with one attached hydrogen (secondary N) is 1. The van der Waals surface area contributed by atoms with Gasteiger partial charge in [0.1, 0.15) is 11.8 Å². The highest BCUT2D eigenvalue weighted by atomic mass is 35.5. The lowest BCUT2D eigenvalue weighted by Gasteiger charge is -2.30. The molecule has 1 atom stereocenters. The number of hydrogen-bond acceptors (Lipinski definition) is 5. The Labute approximate surface area is 126 Å². The standard InChI is InChI=1S/C12H13ClN2O5S/c1-7-12(17)14-11(16)6-15(7)21(18,19)8-3-4-10(20-2)9(13)5-8/h3-5,7H,6H2,1-2H3,(H,14,16,17). The molecular weight excluding hydrogens is 320 g/mol. The van der Waals surface area contributed by atoms with Crippen molar-refractivity contribution in [2.45, 2.75) is 17.9 Å². The van der Waals surface area contributed by atoms with E-state index < -0.39 is 34.4 Å². The zero-order chi connectivity index (χ0) is 15.8. The van der Waals surface area contributed by atoms with Crippen molar-refractivity contribution < 1.29 is 22.7 Å². The summed E-state index contributed by atoms with van der Waals surface area (Å²) in [5.74, 6) is -0.994. The summed E-state index contributed by atoms with van der Waals surface area (Å²) in [6.07, 6.45) is 0. The van der Waals surface area contributed by atoms with Crippen LogP contribution in [0.5, 0.6) is 5.75 Å². The van der Waals surface area contributed by atoms with Gasteiger partial charge in [0.15, 0.2) is 0 Å². The molecule has 0 aromatic heterocycles. The van der Waals surface area contributed by atoms with E-state index in [-0.39, 0.29) is 9.92 Å². The molecule has 9 heteroatoms. The van der Waals surface area contributed by atoms with Crippen molar-refractivity contribution in [1.82, 2.24) is 9.62 Å². The minimum atomic E-state index is -4.01. The highest BCUT2D eigenvalue weighted by molar-refractivity contribution is 7.89. The Balaban J connectivity index is 2.43. The fourth-order valence-corrected chi connectivity index (χ4v) is 3.83. The maximum Gasteiger partial charge on any atom is 0.244 e. The number of imide groups is 1. The number of ether oxygens (including phenoxy) is 1. The van der Waals surface area contributed by atoms with Crippen molar-refractivity contribution in [3.8, 4) is 5.75 Å². The highest BCUT2D eigenvalue weighted by Gasteiger charge is 2.39. The molecule has 1 aliphatic rings. The summed E-state index contributed by atoms with van der Waals surface area (Å²) < 4.78 is 30.9. The average Bonchev–Trinajstić information content (AvgIpc) is 2.42. The van der Waals surface area contributed by atoms with Crippen LogP contribution in [0.1, 0.15) is 6.92 Å². The molecule has 0 aliphatic carbocycles. The third-order valence-electron chi connectivity index (χ3n) is 3.10. The number of sulfonamides is 1. The van der Waals surface area contributed by atoms with Crippen LogP contribution in [0.25, 0.3) is 0 Å². The molecule has 1 saturated heterocycles. The molecule has 0 radical (unpaired) electrons. The first kappa shape index (κ1) is 15.7. The van der Waals surface area contributed by atoms with E-state index in [1.54, 1.807) is 0 Å². The van der Waals surface area contributed by atoms with Crippen LogP contribution in [-0.2, 0) is 19.6 Å². The zero-order valence-electron chi connectivity index (χ0n) is 11.3. The number of piperazine rings is 1. The van der Waals surface area contributed by atoms with Crippen LogP contribution in [-0.4, -0.2) is 44.2 Å². The van der Waals surface area contributed by atoms with Crippen LogP contribution in [0.15, 0.2) is 23.1 Å². The zero-order valence-corrected chi connectivity index (χ0v) is 12.9. The number of methoxy groups -OCH3 is 1. The lowest BCUT2D eigenvalue weighted by molar-refractivity contribution is -0.136. The lowest BCUT2D eigenvalue weighted by atomic mass is 10.2. The number of nitrogens with zero attached hydrogens (tertiary/aromatic N) is 1. The molecule has 1 aromatic carbocycles. The molecular formula is C12H13ClN2O5S. The van der Waals surface area contributed by atoms with Crippen LogP contribution in [0.4, 0.5) is 0 Å². The monoisotopic (exact) mass is 332 g/mol. The van der Waals surface area contributed by atoms with Gasteiger partial charge in [0, 0.05) is 0 Å². The summed E-state index contributed by atoms with van der Waals surface area (Å²) in [4.78, 5) is 22.9. The molecule has 114 valence electrons. The summed E-state index contributed by atoms with van der Waals surface area (Å²) in [7, 11) is -2.61. The Morgan fingerprint density at radius 1 is 1.38 bits per heavy atom. The third kappa shape index (κ3) is 2.87. The Kier molecular flexibility index (Phi) is 4.22. The van der Waals surface area contributed by atoms with Crippen molar-refractivity contribution in [3.63, 3.8) is 0 Å². The molecule has 1 fully saturated rings. The van der Waals surface area contributed by atoms with Gasteiger partial charge in [0.2, 0.25) is 21.8 Å². The van der Waals surface area contributed by atoms with Gasteiger partial charge in [-0.2, -0.15) is 4.31 Å². The predicted molar refractivity (Wildman–Crippen MR) is 74.5 cm³/mol. The lowest BCUT2D eigenvalue weighted by Crippen LogP contribution is -2.58. The summed E-state index contributed by atoms with van der Waals surface area (Å²) >= 11 is 5.91. The van der Waals surface area contributed by atoms with Crippen LogP contribution in [0, 0.1) is 0 Å². The second kappa shape index (κ2) is 5.63. The fraction of sp³-hybridized carbons (Fsp3) is 0.333. The molecule has 2 rings (SSSR count). The van der Waals surface area contributed by atoms with Gasteiger partial charge in [0.25, 0.3) is 0 Å². The van der Waals surface area contributed by atoms with Crippen LogP contribution >= 0.6 is 11.6 Å². The minimum absolute atomic E-state index is 0.109. The van der Waals surface area contributed by atoms with Crippen molar-refractivity contribution in [2.24, 2.45) is 0 Å². The second-order valence-corrected chi connectivity index (χ2v) is 6.73. The smallest absolute Gasteiger partial charge is 0.244 e. The summed E-state index contributed by atoms with van der Waals surface area (Å²) in [6.45, 7) is 0.989. The van der Waals surface area contributed by atoms with Gasteiger partial charge >= 0.3 is 0 Å². The largest absolute Gasteiger partial charge is 0.495 e. The first-order valence-corrected chi connectivity index (χ1v) is 7.78. The van der Waals surface area contributed by atoms with Crippen molar-refractivity contribution in [2.75, 3.05) is 13.7 Å². The van der Waals surface area contributed by atoms with Gasteiger partial charge in [-0.15, -0.1) is 0 Å². The second-order valence-electron chi connectivity index (χ2n) is 4.44. The van der Waals surface area contributed by atoms with Crippen molar-refractivity contribution >= 4 is 33.4 Å². The number of halogens is 1. The number of rotatable bonds is 3. The van der Waals surface area contributed by atoms with Gasteiger partial charge in [-0.3, -0.25) is 14.9 Å². The molecule has 1 heterocycles. The Hall–Kier alpha value is -1.64. The highest BCUT2D eigenvalue weighted by Crippen LogP contribution is 2.29. The molecule has 21 heavy (non-hydrogen) atoms. The van der Waals surface area contributed by atoms with Crippen LogP contribution < -0.4 is 10.1 Å². The van der Waals surface area contributed by atoms with Gasteiger partial charge in [-0.05, 0) is 25.1 Å². The topological polar surface area (TPSA) is 92.8 Å². The third-order valence-corrected chi connectivity index (χ3v) is 5.31. The summed E-state index contributed by atoms with van der Waals surface area (Å²) in [5, 5.41) is 2.21. The summed E-state index contributed by atoms with van der Waals surface area (Å²) in [6, 6.07) is 2.96. The Morgan fingerprint density at radius 2 is 2.05 bits per heavy atom. The van der Waals surface area contributed by atoms with E-state index in [1.807, 2.05) is 0 Å². The first-order chi connectivity index (χ1) is 9.77. The van der Waals surface area contributed by atoms with E-state index in [1.165, 1.54) is 32.2 Å². The molecule has 1 unspecified atom stereocenters. The van der Waals surface area contributed by atoms with Gasteiger partial charge < -0.3 is 4.74 Å². The van der Waals surface area contributed by atoms with Gasteiger partial charge in [-0.25, -0.2) is 8.42 Å². The normalized spacial score (nSPS) is 20.2. The SMILES string of the molecule is COc1ccc(S(=O)(=O)N2CC(=O)NC(=O)C2C)cc1Cl. The molecule has 0 bridgehead atoms. The molecule has 1 aliphatic heterocycles. The quantitative estimate of drug-likeness (QED) is 0.808. The summed E-state index contributed by atoms with van der Waals surface area (Å²) in [5.41, 5.74) is 0. The fourth-order valence-electron chi connectivity index (χ4n) is 1.93. The molecule has 1 aromatic rings. The average molecular weight is 333 g/mol. The Bertz CT molecular complexity index is 704. The number of benzene rings is 1. The first-order valence-electron chi connectivity index (χ1n) is 5.96. The Morgan fingerprint density at radius 3 is 2.62 bits per heavy atom. The van der Waals surface area contributed by atoms with Crippen molar-refractivity contribution in [3.05, 3.63) is 23.2 Å². The number of carbonyl (C=O) groups is 2. The molecule has 0 saturated carbocycles. The number of carbonyl (C=O) groups excluding carboxylic acids is 2. The molecule has 2 amide bonds. The van der Waals surface area contributed by atoms with E-state index in [0.29, 0.717) is 5.75 Å². The minimum Gasteiger partial charge on any atom is -0.495 e. The van der Waals surface area contributed by atoms with Crippen LogP contribution in [0.2, 0.25) is 5.02 Å². The molecule has 0 spiro atoms. The van der Waals surface area contributed by atoms with E-state index in [9.17, 15) is 18.0 Å². The maximum atomic E-state index is 12.5. The van der Waals surface area contributed by atoms with E-state index in [0.717, 1.165) is 4.31 Å². The predicted octanol–water partition coefficient (Wildman–Crippen LogP) is 0.384. The molecule has 7 nitrogen and oxygen atoms in total.